The molecular formula is C27H27N7OS. The van der Waals surface area contributed by atoms with Crippen LogP contribution in [0, 0.1) is 13.8 Å². The Labute approximate surface area is 213 Å². The summed E-state index contributed by atoms with van der Waals surface area (Å²) in [6, 6.07) is 18.0. The molecule has 4 heterocycles. The number of H-pyrrole nitrogens is 1. The van der Waals surface area contributed by atoms with E-state index in [2.05, 4.69) is 26.1 Å². The summed E-state index contributed by atoms with van der Waals surface area (Å²) < 4.78 is 1.76. The Hall–Kier alpha value is -3.72. The van der Waals surface area contributed by atoms with Crippen molar-refractivity contribution in [1.29, 1.82) is 0 Å². The molecule has 0 bridgehead atoms. The fourth-order valence-electron chi connectivity index (χ4n) is 4.90. The summed E-state index contributed by atoms with van der Waals surface area (Å²) in [6.45, 7) is 5.40. The fourth-order valence-corrected chi connectivity index (χ4v) is 5.72. The van der Waals surface area contributed by atoms with Crippen LogP contribution in [0.1, 0.15) is 51.9 Å². The first-order chi connectivity index (χ1) is 17.5. The van der Waals surface area contributed by atoms with Gasteiger partial charge in [-0.05, 0) is 56.5 Å². The maximum absolute atomic E-state index is 13.5. The second-order valence-corrected chi connectivity index (χ2v) is 10.2. The maximum atomic E-state index is 13.5. The topological polar surface area (TPSA) is 92.1 Å². The van der Waals surface area contributed by atoms with Gasteiger partial charge in [0, 0.05) is 41.7 Å². The molecule has 3 aromatic heterocycles. The second-order valence-electron chi connectivity index (χ2n) is 9.30. The van der Waals surface area contributed by atoms with Gasteiger partial charge in [-0.3, -0.25) is 4.79 Å². The van der Waals surface area contributed by atoms with Crippen molar-refractivity contribution in [3.63, 3.8) is 0 Å². The predicted molar refractivity (Wildman–Crippen MR) is 140 cm³/mol. The van der Waals surface area contributed by atoms with Gasteiger partial charge in [-0.2, -0.15) is 4.98 Å². The van der Waals surface area contributed by atoms with Gasteiger partial charge in [-0.1, -0.05) is 42.1 Å². The third kappa shape index (κ3) is 4.35. The number of nitrogens with zero attached hydrogens (tertiary/aromatic N) is 6. The molecule has 0 aliphatic carbocycles. The SMILES string of the molecule is Cc1cc(C)n2nc(SCc3ccccc3C(=O)N3CCC(c4nc5ccccc5[nH]4)CC3)nc2n1. The Morgan fingerprint density at radius 3 is 2.64 bits per heavy atom. The number of aryl methyl sites for hydroxylation is 2. The van der Waals surface area contributed by atoms with E-state index in [0.717, 1.165) is 65.3 Å². The highest BCUT2D eigenvalue weighted by Crippen LogP contribution is 2.29. The van der Waals surface area contributed by atoms with Crippen LogP contribution in [0.4, 0.5) is 0 Å². The summed E-state index contributed by atoms with van der Waals surface area (Å²) in [4.78, 5) is 32.7. The molecular weight excluding hydrogens is 470 g/mol. The van der Waals surface area contributed by atoms with Gasteiger partial charge >= 0.3 is 0 Å². The minimum Gasteiger partial charge on any atom is -0.342 e. The van der Waals surface area contributed by atoms with Gasteiger partial charge in [-0.15, -0.1) is 5.10 Å². The molecule has 0 unspecified atom stereocenters. The molecule has 2 aromatic carbocycles. The van der Waals surface area contributed by atoms with E-state index in [1.165, 1.54) is 11.8 Å². The van der Waals surface area contributed by atoms with E-state index in [0.29, 0.717) is 22.6 Å². The van der Waals surface area contributed by atoms with E-state index in [4.69, 9.17) is 4.98 Å². The number of thioether (sulfide) groups is 1. The number of imidazole rings is 1. The lowest BCUT2D eigenvalue weighted by molar-refractivity contribution is 0.0710. The Morgan fingerprint density at radius 2 is 1.81 bits per heavy atom. The molecule has 0 radical (unpaired) electrons. The molecule has 6 rings (SSSR count). The number of para-hydroxylation sites is 2. The van der Waals surface area contributed by atoms with Crippen LogP contribution in [0.2, 0.25) is 0 Å². The Morgan fingerprint density at radius 1 is 1.03 bits per heavy atom. The van der Waals surface area contributed by atoms with Crippen LogP contribution in [-0.4, -0.2) is 53.4 Å². The molecule has 1 fully saturated rings. The summed E-state index contributed by atoms with van der Waals surface area (Å²) in [5.74, 6) is 2.68. The largest absolute Gasteiger partial charge is 0.342 e. The molecule has 0 atom stereocenters. The highest BCUT2D eigenvalue weighted by Gasteiger charge is 2.27. The molecule has 0 saturated carbocycles. The molecule has 1 aliphatic heterocycles. The number of rotatable bonds is 5. The van der Waals surface area contributed by atoms with Crippen LogP contribution in [0.15, 0.2) is 59.8 Å². The van der Waals surface area contributed by atoms with Gasteiger partial charge in [0.1, 0.15) is 5.82 Å². The summed E-state index contributed by atoms with van der Waals surface area (Å²) in [5.41, 5.74) is 5.73. The van der Waals surface area contributed by atoms with Gasteiger partial charge in [0.05, 0.1) is 11.0 Å². The Kier molecular flexibility index (Phi) is 5.92. The molecule has 1 saturated heterocycles. The zero-order valence-electron chi connectivity index (χ0n) is 20.3. The number of benzene rings is 2. The molecule has 9 heteroatoms. The summed E-state index contributed by atoms with van der Waals surface area (Å²) in [5, 5.41) is 5.24. The third-order valence-corrected chi connectivity index (χ3v) is 7.67. The minimum absolute atomic E-state index is 0.0883. The molecule has 5 aromatic rings. The second kappa shape index (κ2) is 9.39. The lowest BCUT2D eigenvalue weighted by Gasteiger charge is -2.31. The van der Waals surface area contributed by atoms with Gasteiger partial charge < -0.3 is 9.88 Å². The van der Waals surface area contributed by atoms with Crippen molar-refractivity contribution in [2.45, 2.75) is 43.5 Å². The molecule has 8 nitrogen and oxygen atoms in total. The van der Waals surface area contributed by atoms with Crippen molar-refractivity contribution in [3.05, 3.63) is 82.9 Å². The first kappa shape index (κ1) is 22.7. The maximum Gasteiger partial charge on any atom is 0.254 e. The van der Waals surface area contributed by atoms with E-state index in [-0.39, 0.29) is 5.91 Å². The van der Waals surface area contributed by atoms with Crippen molar-refractivity contribution >= 4 is 34.5 Å². The van der Waals surface area contributed by atoms with Crippen molar-refractivity contribution in [3.8, 4) is 0 Å². The first-order valence-corrected chi connectivity index (χ1v) is 13.2. The predicted octanol–water partition coefficient (Wildman–Crippen LogP) is 4.93. The normalized spacial score (nSPS) is 14.7. The number of hydrogen-bond donors (Lipinski definition) is 1. The van der Waals surface area contributed by atoms with Gasteiger partial charge in [-0.25, -0.2) is 14.5 Å². The quantitative estimate of drug-likeness (QED) is 0.346. The van der Waals surface area contributed by atoms with E-state index < -0.39 is 0 Å². The molecule has 0 spiro atoms. The highest BCUT2D eigenvalue weighted by molar-refractivity contribution is 7.98. The molecule has 182 valence electrons. The van der Waals surface area contributed by atoms with Gasteiger partial charge in [0.25, 0.3) is 11.7 Å². The lowest BCUT2D eigenvalue weighted by atomic mass is 9.95. The Balaban J connectivity index is 1.13. The van der Waals surface area contributed by atoms with Crippen molar-refractivity contribution in [1.82, 2.24) is 34.4 Å². The number of nitrogens with one attached hydrogen (secondary N) is 1. The lowest BCUT2D eigenvalue weighted by Crippen LogP contribution is -2.38. The first-order valence-electron chi connectivity index (χ1n) is 12.2. The number of aromatic amines is 1. The van der Waals surface area contributed by atoms with Crippen LogP contribution in [-0.2, 0) is 5.75 Å². The highest BCUT2D eigenvalue weighted by atomic mass is 32.2. The van der Waals surface area contributed by atoms with Crippen LogP contribution in [0.3, 0.4) is 0 Å². The Bertz CT molecular complexity index is 1530. The van der Waals surface area contributed by atoms with Gasteiger partial charge in [0.15, 0.2) is 0 Å². The average Bonchev–Trinajstić information content (AvgIpc) is 3.52. The van der Waals surface area contributed by atoms with E-state index in [1.807, 2.05) is 67.3 Å². The van der Waals surface area contributed by atoms with Crippen molar-refractivity contribution in [2.75, 3.05) is 13.1 Å². The number of carbonyl (C=O) groups excluding carboxylic acids is 1. The number of aromatic nitrogens is 6. The molecule has 1 aliphatic rings. The molecule has 1 N–H and O–H groups in total. The number of fused-ring (bicyclic) bond motifs is 2. The number of carbonyl (C=O) groups is 1. The summed E-state index contributed by atoms with van der Waals surface area (Å²) in [6.07, 6.45) is 1.80. The number of piperidine rings is 1. The van der Waals surface area contributed by atoms with Crippen molar-refractivity contribution < 1.29 is 4.79 Å². The van der Waals surface area contributed by atoms with E-state index in [1.54, 1.807) is 4.52 Å². The summed E-state index contributed by atoms with van der Waals surface area (Å²) >= 11 is 1.53. The monoisotopic (exact) mass is 497 g/mol. The zero-order valence-corrected chi connectivity index (χ0v) is 21.1. The van der Waals surface area contributed by atoms with Gasteiger partial charge in [0.2, 0.25) is 5.16 Å². The zero-order chi connectivity index (χ0) is 24.6. The van der Waals surface area contributed by atoms with Crippen molar-refractivity contribution in [2.24, 2.45) is 0 Å². The van der Waals surface area contributed by atoms with Crippen LogP contribution < -0.4 is 0 Å². The van der Waals surface area contributed by atoms with Crippen LogP contribution >= 0.6 is 11.8 Å². The minimum atomic E-state index is 0.0883. The van der Waals surface area contributed by atoms with Crippen LogP contribution in [0.25, 0.3) is 16.8 Å². The standard InChI is InChI=1S/C27H27N7OS/c1-17-15-18(2)34-26(28-17)31-27(32-34)36-16-20-7-3-4-8-21(20)25(35)33-13-11-19(12-14-33)24-29-22-9-5-6-10-23(22)30-24/h3-10,15,19H,11-14,16H2,1-2H3,(H,29,30). The summed E-state index contributed by atoms with van der Waals surface area (Å²) in [7, 11) is 0. The molecule has 1 amide bonds. The van der Waals surface area contributed by atoms with Crippen LogP contribution in [0.5, 0.6) is 0 Å². The van der Waals surface area contributed by atoms with E-state index in [9.17, 15) is 4.79 Å². The smallest absolute Gasteiger partial charge is 0.254 e. The third-order valence-electron chi connectivity index (χ3n) is 6.78. The number of likely N-dealkylation sites (tertiary alicyclic amines) is 1. The fraction of sp³-hybridized carbons (Fsp3) is 0.296. The number of hydrogen-bond acceptors (Lipinski definition) is 6. The molecule has 36 heavy (non-hydrogen) atoms. The number of amides is 1. The van der Waals surface area contributed by atoms with E-state index >= 15 is 0 Å². The average molecular weight is 498 g/mol.